The molecule has 1 rings (SSSR count). The second kappa shape index (κ2) is 5.82. The number of nitrogens with one attached hydrogen (secondary N) is 1. The summed E-state index contributed by atoms with van der Waals surface area (Å²) < 4.78 is 25.4. The maximum atomic E-state index is 11.8. The van der Waals surface area contributed by atoms with Gasteiger partial charge in [0, 0.05) is 12.6 Å². The van der Waals surface area contributed by atoms with Crippen LogP contribution in [0, 0.1) is 0 Å². The Morgan fingerprint density at radius 1 is 1.22 bits per heavy atom. The van der Waals surface area contributed by atoms with Gasteiger partial charge in [0.2, 0.25) is 10.0 Å². The van der Waals surface area contributed by atoms with Gasteiger partial charge in [0.1, 0.15) is 0 Å². The van der Waals surface area contributed by atoms with Crippen LogP contribution in [-0.4, -0.2) is 19.7 Å². The second-order valence-corrected chi connectivity index (χ2v) is 7.84. The number of benzene rings is 1. The van der Waals surface area contributed by atoms with E-state index in [-0.39, 0.29) is 6.04 Å². The highest BCUT2D eigenvalue weighted by Crippen LogP contribution is 2.15. The standard InChI is InChI=1S/C13H22N2O2S/c1-13(2,3)18(16,17)15-10-9-12(14)11-7-5-4-6-8-11/h4-8,12,15H,9-10,14H2,1-3H3. The van der Waals surface area contributed by atoms with Crippen molar-refractivity contribution in [3.63, 3.8) is 0 Å². The fourth-order valence-electron chi connectivity index (χ4n) is 1.43. The molecule has 102 valence electrons. The van der Waals surface area contributed by atoms with E-state index in [1.54, 1.807) is 20.8 Å². The van der Waals surface area contributed by atoms with E-state index in [4.69, 9.17) is 5.73 Å². The third-order valence-electron chi connectivity index (χ3n) is 2.78. The maximum Gasteiger partial charge on any atom is 0.216 e. The minimum absolute atomic E-state index is 0.145. The van der Waals surface area contributed by atoms with Crippen molar-refractivity contribution >= 4 is 10.0 Å². The molecule has 1 aromatic carbocycles. The fraction of sp³-hybridized carbons (Fsp3) is 0.538. The van der Waals surface area contributed by atoms with Crippen molar-refractivity contribution in [2.45, 2.75) is 38.0 Å². The Morgan fingerprint density at radius 2 is 1.78 bits per heavy atom. The zero-order chi connectivity index (χ0) is 13.8. The third-order valence-corrected chi connectivity index (χ3v) is 4.98. The lowest BCUT2D eigenvalue weighted by Gasteiger charge is -2.20. The van der Waals surface area contributed by atoms with Gasteiger partial charge in [-0.25, -0.2) is 13.1 Å². The lowest BCUT2D eigenvalue weighted by Crippen LogP contribution is -2.40. The van der Waals surface area contributed by atoms with Gasteiger partial charge in [-0.2, -0.15) is 0 Å². The smallest absolute Gasteiger partial charge is 0.216 e. The molecule has 0 amide bonds. The molecule has 0 aliphatic rings. The van der Waals surface area contributed by atoms with Gasteiger partial charge in [-0.15, -0.1) is 0 Å². The van der Waals surface area contributed by atoms with E-state index in [0.29, 0.717) is 13.0 Å². The van der Waals surface area contributed by atoms with Crippen molar-refractivity contribution in [3.8, 4) is 0 Å². The molecule has 3 N–H and O–H groups in total. The lowest BCUT2D eigenvalue weighted by atomic mass is 10.1. The van der Waals surface area contributed by atoms with Gasteiger partial charge in [0.05, 0.1) is 4.75 Å². The minimum atomic E-state index is -3.28. The van der Waals surface area contributed by atoms with Crippen LogP contribution in [0.5, 0.6) is 0 Å². The zero-order valence-electron chi connectivity index (χ0n) is 11.2. The predicted octanol–water partition coefficient (Wildman–Crippen LogP) is 1.79. The normalized spacial score (nSPS) is 14.4. The van der Waals surface area contributed by atoms with E-state index in [9.17, 15) is 8.42 Å². The van der Waals surface area contributed by atoms with Crippen molar-refractivity contribution in [2.24, 2.45) is 5.73 Å². The molecule has 0 heterocycles. The first-order valence-electron chi connectivity index (χ1n) is 6.04. The molecular weight excluding hydrogens is 248 g/mol. The highest BCUT2D eigenvalue weighted by molar-refractivity contribution is 7.90. The topological polar surface area (TPSA) is 72.2 Å². The molecule has 1 unspecified atom stereocenters. The van der Waals surface area contributed by atoms with Crippen molar-refractivity contribution in [1.82, 2.24) is 4.72 Å². The van der Waals surface area contributed by atoms with Gasteiger partial charge in [-0.05, 0) is 32.8 Å². The summed E-state index contributed by atoms with van der Waals surface area (Å²) in [4.78, 5) is 0. The van der Waals surface area contributed by atoms with Crippen LogP contribution in [0.2, 0.25) is 0 Å². The number of hydrogen-bond donors (Lipinski definition) is 2. The molecular formula is C13H22N2O2S. The summed E-state index contributed by atoms with van der Waals surface area (Å²) in [7, 11) is -3.28. The SMILES string of the molecule is CC(C)(C)S(=O)(=O)NCCC(N)c1ccccc1. The molecule has 0 aliphatic heterocycles. The van der Waals surface area contributed by atoms with E-state index in [0.717, 1.165) is 5.56 Å². The average Bonchev–Trinajstić information content (AvgIpc) is 2.28. The lowest BCUT2D eigenvalue weighted by molar-refractivity contribution is 0.537. The number of hydrogen-bond acceptors (Lipinski definition) is 3. The van der Waals surface area contributed by atoms with Crippen LogP contribution < -0.4 is 10.5 Å². The van der Waals surface area contributed by atoms with Gasteiger partial charge in [0.25, 0.3) is 0 Å². The second-order valence-electron chi connectivity index (χ2n) is 5.32. The molecule has 0 spiro atoms. The summed E-state index contributed by atoms with van der Waals surface area (Å²) in [6.45, 7) is 5.38. The van der Waals surface area contributed by atoms with Crippen LogP contribution >= 0.6 is 0 Å². The Bertz CT molecular complexity index is 464. The van der Waals surface area contributed by atoms with Gasteiger partial charge in [0.15, 0.2) is 0 Å². The highest BCUT2D eigenvalue weighted by atomic mass is 32.2. The Kier molecular flexibility index (Phi) is 4.90. The molecule has 0 radical (unpaired) electrons. The van der Waals surface area contributed by atoms with E-state index in [1.165, 1.54) is 0 Å². The molecule has 0 aliphatic carbocycles. The van der Waals surface area contributed by atoms with E-state index in [1.807, 2.05) is 30.3 Å². The maximum absolute atomic E-state index is 11.8. The monoisotopic (exact) mass is 270 g/mol. The van der Waals surface area contributed by atoms with Crippen LogP contribution in [0.25, 0.3) is 0 Å². The summed E-state index contributed by atoms with van der Waals surface area (Å²) in [6, 6.07) is 9.53. The molecule has 1 atom stereocenters. The molecule has 0 aromatic heterocycles. The van der Waals surface area contributed by atoms with Gasteiger partial charge in [-0.1, -0.05) is 30.3 Å². The molecule has 1 aromatic rings. The number of rotatable bonds is 5. The van der Waals surface area contributed by atoms with E-state index in [2.05, 4.69) is 4.72 Å². The predicted molar refractivity (Wildman–Crippen MR) is 74.7 cm³/mol. The summed E-state index contributed by atoms with van der Waals surface area (Å²) in [5.74, 6) is 0. The van der Waals surface area contributed by atoms with Gasteiger partial charge in [-0.3, -0.25) is 0 Å². The molecule has 0 saturated carbocycles. The molecule has 18 heavy (non-hydrogen) atoms. The zero-order valence-corrected chi connectivity index (χ0v) is 12.0. The van der Waals surface area contributed by atoms with E-state index < -0.39 is 14.8 Å². The number of sulfonamides is 1. The van der Waals surface area contributed by atoms with Crippen LogP contribution in [0.1, 0.15) is 38.8 Å². The Balaban J connectivity index is 2.49. The first kappa shape index (κ1) is 15.1. The molecule has 0 saturated heterocycles. The summed E-state index contributed by atoms with van der Waals surface area (Å²) in [5.41, 5.74) is 7.02. The van der Waals surface area contributed by atoms with Crippen LogP contribution in [0.15, 0.2) is 30.3 Å². The van der Waals surface area contributed by atoms with Crippen LogP contribution in [0.3, 0.4) is 0 Å². The van der Waals surface area contributed by atoms with Crippen LogP contribution in [-0.2, 0) is 10.0 Å². The van der Waals surface area contributed by atoms with E-state index >= 15 is 0 Å². The van der Waals surface area contributed by atoms with Crippen molar-refractivity contribution in [3.05, 3.63) is 35.9 Å². The van der Waals surface area contributed by atoms with Gasteiger partial charge >= 0.3 is 0 Å². The Morgan fingerprint density at radius 3 is 2.28 bits per heavy atom. The summed E-state index contributed by atoms with van der Waals surface area (Å²) in [5, 5.41) is 0. The molecule has 4 nitrogen and oxygen atoms in total. The molecule has 0 fully saturated rings. The van der Waals surface area contributed by atoms with Crippen LogP contribution in [0.4, 0.5) is 0 Å². The summed E-state index contributed by atoms with van der Waals surface area (Å²) in [6.07, 6.45) is 0.583. The van der Waals surface area contributed by atoms with Crippen molar-refractivity contribution in [1.29, 1.82) is 0 Å². The largest absolute Gasteiger partial charge is 0.324 e. The average molecular weight is 270 g/mol. The first-order chi connectivity index (χ1) is 8.24. The van der Waals surface area contributed by atoms with Gasteiger partial charge < -0.3 is 5.73 Å². The Hall–Kier alpha value is -0.910. The summed E-state index contributed by atoms with van der Waals surface area (Å²) >= 11 is 0. The molecule has 5 heteroatoms. The third kappa shape index (κ3) is 4.08. The first-order valence-corrected chi connectivity index (χ1v) is 7.52. The quantitative estimate of drug-likeness (QED) is 0.857. The van der Waals surface area contributed by atoms with Crippen molar-refractivity contribution in [2.75, 3.05) is 6.54 Å². The fourth-order valence-corrected chi connectivity index (χ4v) is 2.25. The minimum Gasteiger partial charge on any atom is -0.324 e. The Labute approximate surface area is 110 Å². The highest BCUT2D eigenvalue weighted by Gasteiger charge is 2.28. The molecule has 0 bridgehead atoms. The number of nitrogens with two attached hydrogens (primary N) is 1. The van der Waals surface area contributed by atoms with Crippen molar-refractivity contribution < 1.29 is 8.42 Å².